The third-order valence-corrected chi connectivity index (χ3v) is 7.33. The molecule has 0 saturated carbocycles. The van der Waals surface area contributed by atoms with Gasteiger partial charge in [-0.05, 0) is 55.1 Å². The van der Waals surface area contributed by atoms with Crippen LogP contribution < -0.4 is 5.73 Å². The molecular weight excluding hydrogens is 384 g/mol. The summed E-state index contributed by atoms with van der Waals surface area (Å²) < 4.78 is 13.0. The first-order valence-corrected chi connectivity index (χ1v) is 11.3. The number of carbonyl (C=O) groups excluding carboxylic acids is 1. The van der Waals surface area contributed by atoms with Crippen molar-refractivity contribution < 1.29 is 14.1 Å². The van der Waals surface area contributed by atoms with Crippen molar-refractivity contribution in [3.63, 3.8) is 0 Å². The predicted octanol–water partition coefficient (Wildman–Crippen LogP) is 2.64. The molecule has 1 aliphatic heterocycles. The van der Waals surface area contributed by atoms with Gasteiger partial charge in [0.1, 0.15) is 0 Å². The Hall–Kier alpha value is -2.02. The summed E-state index contributed by atoms with van der Waals surface area (Å²) in [6, 6.07) is 15.4. The Bertz CT molecular complexity index is 846. The summed E-state index contributed by atoms with van der Waals surface area (Å²) in [6.07, 6.45) is 1.83. The highest BCUT2D eigenvalue weighted by atomic mass is 32.2. The third-order valence-electron chi connectivity index (χ3n) is 5.51. The van der Waals surface area contributed by atoms with E-state index in [4.69, 9.17) is 5.73 Å². The zero-order valence-corrected chi connectivity index (χ0v) is 17.9. The topological polar surface area (TPSA) is 83.6 Å². The first-order valence-electron chi connectivity index (χ1n) is 10.1. The maximum absolute atomic E-state index is 13.0. The van der Waals surface area contributed by atoms with Crippen molar-refractivity contribution >= 4 is 16.7 Å². The summed E-state index contributed by atoms with van der Waals surface area (Å²) in [6.45, 7) is 7.46. The molecule has 156 valence electrons. The fraction of sp³-hybridized carbons (Fsp3) is 0.435. The van der Waals surface area contributed by atoms with Crippen LogP contribution in [0.2, 0.25) is 0 Å². The molecule has 2 atom stereocenters. The van der Waals surface area contributed by atoms with Gasteiger partial charge in [0.15, 0.2) is 5.60 Å². The van der Waals surface area contributed by atoms with Crippen molar-refractivity contribution in [2.45, 2.75) is 42.4 Å². The van der Waals surface area contributed by atoms with E-state index in [-0.39, 0.29) is 5.25 Å². The van der Waals surface area contributed by atoms with Crippen LogP contribution in [-0.4, -0.2) is 45.0 Å². The number of amides is 1. The quantitative estimate of drug-likeness (QED) is 0.730. The van der Waals surface area contributed by atoms with Gasteiger partial charge in [-0.1, -0.05) is 56.3 Å². The number of nitrogens with two attached hydrogens (primary N) is 1. The summed E-state index contributed by atoms with van der Waals surface area (Å²) in [5.74, 6) is -0.201. The minimum atomic E-state index is -1.91. The first kappa shape index (κ1) is 21.7. The summed E-state index contributed by atoms with van der Waals surface area (Å²) in [5.41, 5.74) is 4.42. The van der Waals surface area contributed by atoms with Gasteiger partial charge in [0.2, 0.25) is 0 Å². The van der Waals surface area contributed by atoms with E-state index in [0.29, 0.717) is 17.0 Å². The number of piperidine rings is 1. The molecule has 1 aliphatic rings. The van der Waals surface area contributed by atoms with E-state index in [9.17, 15) is 14.1 Å². The Morgan fingerprint density at radius 2 is 1.66 bits per heavy atom. The summed E-state index contributed by atoms with van der Waals surface area (Å²) >= 11 is 0. The molecule has 2 unspecified atom stereocenters. The van der Waals surface area contributed by atoms with Gasteiger partial charge in [-0.15, -0.1) is 0 Å². The van der Waals surface area contributed by atoms with Crippen LogP contribution in [0.15, 0.2) is 59.5 Å². The van der Waals surface area contributed by atoms with Crippen LogP contribution in [0.4, 0.5) is 0 Å². The molecule has 3 rings (SSSR count). The maximum Gasteiger partial charge on any atom is 0.258 e. The van der Waals surface area contributed by atoms with E-state index >= 15 is 0 Å². The standard InChI is InChI=1S/C23H30N2O3S/c1-17(2)16-25-14-12-21(13-15-25)29(28)20-10-8-19(9-11-20)23(27,22(24)26)18-6-4-3-5-7-18/h3-11,17,21,27H,12-16H2,1-2H3,(H2,24,26). The number of rotatable bonds is 7. The normalized spacial score (nSPS) is 19.0. The van der Waals surface area contributed by atoms with Crippen molar-refractivity contribution in [3.8, 4) is 0 Å². The van der Waals surface area contributed by atoms with Crippen molar-refractivity contribution in [1.82, 2.24) is 4.90 Å². The lowest BCUT2D eigenvalue weighted by Crippen LogP contribution is -2.42. The van der Waals surface area contributed by atoms with Crippen LogP contribution in [0.3, 0.4) is 0 Å². The Balaban J connectivity index is 1.74. The van der Waals surface area contributed by atoms with Crippen LogP contribution >= 0.6 is 0 Å². The number of hydrogen-bond donors (Lipinski definition) is 2. The second-order valence-electron chi connectivity index (χ2n) is 8.16. The van der Waals surface area contributed by atoms with Gasteiger partial charge in [0, 0.05) is 16.7 Å². The van der Waals surface area contributed by atoms with E-state index < -0.39 is 22.3 Å². The van der Waals surface area contributed by atoms with E-state index in [1.807, 2.05) is 6.07 Å². The first-order chi connectivity index (χ1) is 13.8. The molecule has 1 heterocycles. The Morgan fingerprint density at radius 1 is 1.10 bits per heavy atom. The van der Waals surface area contributed by atoms with Gasteiger partial charge >= 0.3 is 0 Å². The monoisotopic (exact) mass is 414 g/mol. The smallest absolute Gasteiger partial charge is 0.258 e. The second-order valence-corrected chi connectivity index (χ2v) is 9.89. The van der Waals surface area contributed by atoms with Gasteiger partial charge in [0.05, 0.1) is 10.8 Å². The molecule has 5 nitrogen and oxygen atoms in total. The highest BCUT2D eigenvalue weighted by molar-refractivity contribution is 7.85. The van der Waals surface area contributed by atoms with Gasteiger partial charge in [-0.3, -0.25) is 9.00 Å². The Morgan fingerprint density at radius 3 is 2.17 bits per heavy atom. The van der Waals surface area contributed by atoms with E-state index in [1.54, 1.807) is 48.5 Å². The molecule has 0 aliphatic carbocycles. The molecule has 3 N–H and O–H groups in total. The predicted molar refractivity (Wildman–Crippen MR) is 116 cm³/mol. The maximum atomic E-state index is 13.0. The van der Waals surface area contributed by atoms with Crippen molar-refractivity contribution in [2.75, 3.05) is 19.6 Å². The summed E-state index contributed by atoms with van der Waals surface area (Å²) in [5, 5.41) is 11.2. The fourth-order valence-electron chi connectivity index (χ4n) is 3.98. The minimum absolute atomic E-state index is 0.133. The van der Waals surface area contributed by atoms with Crippen molar-refractivity contribution in [1.29, 1.82) is 0 Å². The van der Waals surface area contributed by atoms with E-state index in [1.165, 1.54) is 0 Å². The molecule has 1 fully saturated rings. The molecule has 0 aromatic heterocycles. The van der Waals surface area contributed by atoms with Gasteiger partial charge in [-0.25, -0.2) is 0 Å². The van der Waals surface area contributed by atoms with Crippen LogP contribution in [0.1, 0.15) is 37.8 Å². The lowest BCUT2D eigenvalue weighted by atomic mass is 9.86. The largest absolute Gasteiger partial charge is 0.372 e. The highest BCUT2D eigenvalue weighted by Gasteiger charge is 2.38. The number of nitrogens with zero attached hydrogens (tertiary/aromatic N) is 1. The molecule has 29 heavy (non-hydrogen) atoms. The molecule has 0 radical (unpaired) electrons. The highest BCUT2D eigenvalue weighted by Crippen LogP contribution is 2.31. The average Bonchev–Trinajstić information content (AvgIpc) is 2.73. The molecular formula is C23H30N2O3S. The summed E-state index contributed by atoms with van der Waals surface area (Å²) in [7, 11) is -1.11. The summed E-state index contributed by atoms with van der Waals surface area (Å²) in [4.78, 5) is 15.3. The number of primary amides is 1. The lowest BCUT2D eigenvalue weighted by Gasteiger charge is -2.32. The molecule has 0 spiro atoms. The van der Waals surface area contributed by atoms with Crippen LogP contribution in [-0.2, 0) is 21.2 Å². The SMILES string of the molecule is CC(C)CN1CCC(S(=O)c2ccc(C(O)(C(N)=O)c3ccccc3)cc2)CC1. The number of aliphatic hydroxyl groups is 1. The van der Waals surface area contributed by atoms with Gasteiger partial charge < -0.3 is 15.7 Å². The number of benzene rings is 2. The number of carbonyl (C=O) groups is 1. The molecule has 0 bridgehead atoms. The van der Waals surface area contributed by atoms with Crippen LogP contribution in [0.25, 0.3) is 0 Å². The van der Waals surface area contributed by atoms with Crippen molar-refractivity contribution in [2.24, 2.45) is 11.7 Å². The van der Waals surface area contributed by atoms with E-state index in [0.717, 1.165) is 37.4 Å². The minimum Gasteiger partial charge on any atom is -0.372 e. The van der Waals surface area contributed by atoms with Crippen molar-refractivity contribution in [3.05, 3.63) is 65.7 Å². The number of likely N-dealkylation sites (tertiary alicyclic amines) is 1. The van der Waals surface area contributed by atoms with E-state index in [2.05, 4.69) is 18.7 Å². The molecule has 2 aromatic rings. The molecule has 1 amide bonds. The van der Waals surface area contributed by atoms with Crippen LogP contribution in [0.5, 0.6) is 0 Å². The Kier molecular flexibility index (Phi) is 6.88. The molecule has 2 aromatic carbocycles. The Labute approximate surface area is 175 Å². The van der Waals surface area contributed by atoms with Gasteiger partial charge in [0.25, 0.3) is 5.91 Å². The lowest BCUT2D eigenvalue weighted by molar-refractivity contribution is -0.133. The van der Waals surface area contributed by atoms with Crippen LogP contribution in [0, 0.1) is 5.92 Å². The zero-order chi connectivity index (χ0) is 21.0. The molecule has 1 saturated heterocycles. The second kappa shape index (κ2) is 9.20. The average molecular weight is 415 g/mol. The third kappa shape index (κ3) is 4.77. The zero-order valence-electron chi connectivity index (χ0n) is 17.1. The number of hydrogen-bond acceptors (Lipinski definition) is 4. The van der Waals surface area contributed by atoms with Gasteiger partial charge in [-0.2, -0.15) is 0 Å². The fourth-order valence-corrected chi connectivity index (χ4v) is 5.40. The molecule has 6 heteroatoms.